The quantitative estimate of drug-likeness (QED) is 0.888. The number of hydrogen-bond acceptors (Lipinski definition) is 2. The number of carboxylic acid groups (broad SMARTS) is 1. The molecule has 0 aliphatic heterocycles. The molecule has 0 fully saturated rings. The summed E-state index contributed by atoms with van der Waals surface area (Å²) < 4.78 is 37.2. The van der Waals surface area contributed by atoms with Crippen molar-refractivity contribution in [1.29, 1.82) is 0 Å². The highest BCUT2D eigenvalue weighted by Gasteiger charge is 2.38. The summed E-state index contributed by atoms with van der Waals surface area (Å²) in [6.45, 7) is 2.88. The van der Waals surface area contributed by atoms with Crippen molar-refractivity contribution in [3.8, 4) is 0 Å². The highest BCUT2D eigenvalue weighted by atomic mass is 19.4. The van der Waals surface area contributed by atoms with Crippen molar-refractivity contribution in [1.82, 2.24) is 0 Å². The van der Waals surface area contributed by atoms with Crippen molar-refractivity contribution in [2.24, 2.45) is 5.92 Å². The molecule has 1 aromatic carbocycles. The lowest BCUT2D eigenvalue weighted by Gasteiger charge is -2.30. The average Bonchev–Trinajstić information content (AvgIpc) is 2.28. The first kappa shape index (κ1) is 15.5. The molecule has 1 aromatic rings. The van der Waals surface area contributed by atoms with Crippen LogP contribution in [0.1, 0.15) is 31.4 Å². The van der Waals surface area contributed by atoms with E-state index in [4.69, 9.17) is 5.11 Å². The van der Waals surface area contributed by atoms with E-state index in [-0.39, 0.29) is 12.0 Å². The minimum absolute atomic E-state index is 0.148. The van der Waals surface area contributed by atoms with Gasteiger partial charge < -0.3 is 10.2 Å². The molecule has 0 saturated carbocycles. The van der Waals surface area contributed by atoms with Gasteiger partial charge in [0.05, 0.1) is 11.5 Å². The normalized spacial score (nSPS) is 16.7. The van der Waals surface area contributed by atoms with Crippen LogP contribution >= 0.6 is 0 Å². The Bertz CT molecular complexity index is 449. The van der Waals surface area contributed by atoms with Gasteiger partial charge in [-0.1, -0.05) is 19.1 Å². The lowest BCUT2D eigenvalue weighted by molar-refractivity contribution is -0.152. The fourth-order valence-corrected chi connectivity index (χ4v) is 2.01. The second kappa shape index (κ2) is 5.21. The molecule has 0 radical (unpaired) electrons. The SMILES string of the molecule is CCC(C(=O)O)C(C)(O)c1ccc(C(F)(F)F)cc1. The fraction of sp³-hybridized carbons (Fsp3) is 0.462. The Balaban J connectivity index is 3.12. The maximum absolute atomic E-state index is 12.4. The van der Waals surface area contributed by atoms with Gasteiger partial charge in [-0.15, -0.1) is 0 Å². The Morgan fingerprint density at radius 1 is 1.21 bits per heavy atom. The Hall–Kier alpha value is -1.56. The molecule has 0 aliphatic carbocycles. The van der Waals surface area contributed by atoms with Crippen LogP contribution in [0.5, 0.6) is 0 Å². The maximum Gasteiger partial charge on any atom is 0.416 e. The van der Waals surface area contributed by atoms with Crippen LogP contribution in [0.15, 0.2) is 24.3 Å². The number of aliphatic carboxylic acids is 1. The van der Waals surface area contributed by atoms with Crippen LogP contribution in [-0.2, 0) is 16.6 Å². The maximum atomic E-state index is 12.4. The summed E-state index contributed by atoms with van der Waals surface area (Å²) in [5.41, 5.74) is -2.41. The van der Waals surface area contributed by atoms with Crippen molar-refractivity contribution in [2.45, 2.75) is 32.0 Å². The lowest BCUT2D eigenvalue weighted by atomic mass is 9.81. The second-order valence-corrected chi connectivity index (χ2v) is 4.52. The first-order valence-corrected chi connectivity index (χ1v) is 5.73. The number of benzene rings is 1. The van der Waals surface area contributed by atoms with E-state index in [9.17, 15) is 23.1 Å². The third-order valence-corrected chi connectivity index (χ3v) is 3.18. The summed E-state index contributed by atoms with van der Waals surface area (Å²) in [5, 5.41) is 19.3. The van der Waals surface area contributed by atoms with Gasteiger partial charge in [-0.3, -0.25) is 4.79 Å². The van der Waals surface area contributed by atoms with Crippen LogP contribution in [0.3, 0.4) is 0 Å². The molecule has 2 N–H and O–H groups in total. The zero-order chi connectivity index (χ0) is 14.8. The first-order valence-electron chi connectivity index (χ1n) is 5.73. The largest absolute Gasteiger partial charge is 0.481 e. The van der Waals surface area contributed by atoms with Gasteiger partial charge in [0, 0.05) is 0 Å². The van der Waals surface area contributed by atoms with E-state index in [2.05, 4.69) is 0 Å². The highest BCUT2D eigenvalue weighted by Crippen LogP contribution is 2.34. The summed E-state index contributed by atoms with van der Waals surface area (Å²) in [6, 6.07) is 3.87. The van der Waals surface area contributed by atoms with E-state index >= 15 is 0 Å². The molecule has 106 valence electrons. The van der Waals surface area contributed by atoms with E-state index in [0.29, 0.717) is 0 Å². The van der Waals surface area contributed by atoms with Gasteiger partial charge in [-0.05, 0) is 31.0 Å². The Morgan fingerprint density at radius 3 is 1.95 bits per heavy atom. The van der Waals surface area contributed by atoms with Gasteiger partial charge in [-0.2, -0.15) is 13.2 Å². The zero-order valence-corrected chi connectivity index (χ0v) is 10.5. The van der Waals surface area contributed by atoms with Crippen LogP contribution in [-0.4, -0.2) is 16.2 Å². The van der Waals surface area contributed by atoms with Gasteiger partial charge in [0.25, 0.3) is 0 Å². The second-order valence-electron chi connectivity index (χ2n) is 4.52. The molecule has 2 unspecified atom stereocenters. The number of aliphatic hydroxyl groups is 1. The van der Waals surface area contributed by atoms with Crippen LogP contribution < -0.4 is 0 Å². The Morgan fingerprint density at radius 2 is 1.63 bits per heavy atom. The topological polar surface area (TPSA) is 57.5 Å². The van der Waals surface area contributed by atoms with Crippen molar-refractivity contribution in [3.05, 3.63) is 35.4 Å². The van der Waals surface area contributed by atoms with Crippen LogP contribution in [0.4, 0.5) is 13.2 Å². The number of halogens is 3. The predicted molar refractivity (Wildman–Crippen MR) is 62.4 cm³/mol. The molecule has 0 bridgehead atoms. The number of carbonyl (C=O) groups is 1. The van der Waals surface area contributed by atoms with Crippen LogP contribution in [0.25, 0.3) is 0 Å². The number of hydrogen-bond donors (Lipinski definition) is 2. The minimum Gasteiger partial charge on any atom is -0.481 e. The molecule has 0 aliphatic rings. The molecule has 0 amide bonds. The lowest BCUT2D eigenvalue weighted by Crippen LogP contribution is -2.36. The highest BCUT2D eigenvalue weighted by molar-refractivity contribution is 5.71. The molecule has 0 heterocycles. The summed E-state index contributed by atoms with van der Waals surface area (Å²) in [7, 11) is 0. The molecule has 0 aromatic heterocycles. The summed E-state index contributed by atoms with van der Waals surface area (Å²) >= 11 is 0. The summed E-state index contributed by atoms with van der Waals surface area (Å²) in [5.74, 6) is -2.27. The Labute approximate surface area is 108 Å². The van der Waals surface area contributed by atoms with Crippen LogP contribution in [0.2, 0.25) is 0 Å². The fourth-order valence-electron chi connectivity index (χ4n) is 2.01. The van der Waals surface area contributed by atoms with Gasteiger partial charge in [0.15, 0.2) is 0 Å². The van der Waals surface area contributed by atoms with E-state index in [1.807, 2.05) is 0 Å². The van der Waals surface area contributed by atoms with E-state index in [1.54, 1.807) is 6.92 Å². The van der Waals surface area contributed by atoms with Crippen molar-refractivity contribution in [2.75, 3.05) is 0 Å². The van der Waals surface area contributed by atoms with Gasteiger partial charge in [-0.25, -0.2) is 0 Å². The van der Waals surface area contributed by atoms with Crippen molar-refractivity contribution in [3.63, 3.8) is 0 Å². The van der Waals surface area contributed by atoms with E-state index in [1.165, 1.54) is 6.92 Å². The minimum atomic E-state index is -4.46. The van der Waals surface area contributed by atoms with Gasteiger partial charge >= 0.3 is 12.1 Å². The molecule has 19 heavy (non-hydrogen) atoms. The van der Waals surface area contributed by atoms with E-state index < -0.39 is 29.2 Å². The van der Waals surface area contributed by atoms with Gasteiger partial charge in [0.1, 0.15) is 5.60 Å². The molecule has 6 heteroatoms. The number of carboxylic acids is 1. The first-order chi connectivity index (χ1) is 8.60. The molecule has 2 atom stereocenters. The molecule has 1 rings (SSSR count). The molecule has 0 spiro atoms. The molecular weight excluding hydrogens is 261 g/mol. The smallest absolute Gasteiger partial charge is 0.416 e. The monoisotopic (exact) mass is 276 g/mol. The van der Waals surface area contributed by atoms with E-state index in [0.717, 1.165) is 24.3 Å². The molecule has 0 saturated heterocycles. The summed E-state index contributed by atoms with van der Waals surface area (Å²) in [6.07, 6.45) is -4.29. The summed E-state index contributed by atoms with van der Waals surface area (Å²) in [4.78, 5) is 11.0. The van der Waals surface area contributed by atoms with Crippen LogP contribution in [0, 0.1) is 5.92 Å². The predicted octanol–water partition coefficient (Wildman–Crippen LogP) is 3.02. The number of rotatable bonds is 4. The Kier molecular flexibility index (Phi) is 4.25. The third kappa shape index (κ3) is 3.26. The number of alkyl halides is 3. The molecular formula is C13H15F3O3. The van der Waals surface area contributed by atoms with Crippen molar-refractivity contribution < 1.29 is 28.2 Å². The zero-order valence-electron chi connectivity index (χ0n) is 10.5. The molecule has 3 nitrogen and oxygen atoms in total. The third-order valence-electron chi connectivity index (χ3n) is 3.18. The van der Waals surface area contributed by atoms with Gasteiger partial charge in [0.2, 0.25) is 0 Å². The standard InChI is InChI=1S/C13H15F3O3/c1-3-10(11(17)18)12(2,19)8-4-6-9(7-5-8)13(14,15)16/h4-7,10,19H,3H2,1-2H3,(H,17,18). The average molecular weight is 276 g/mol. The van der Waals surface area contributed by atoms with Crippen molar-refractivity contribution >= 4 is 5.97 Å².